The summed E-state index contributed by atoms with van der Waals surface area (Å²) in [4.78, 5) is 15.2. The maximum atomic E-state index is 13.3. The van der Waals surface area contributed by atoms with E-state index in [1.807, 2.05) is 53.4 Å². The Kier molecular flexibility index (Phi) is 7.55. The van der Waals surface area contributed by atoms with Crippen LogP contribution in [-0.2, 0) is 13.1 Å². The number of unbranched alkanes of at least 4 members (excludes halogenated alkanes) is 1. The number of nitrogens with zero attached hydrogens (tertiary/aromatic N) is 2. The summed E-state index contributed by atoms with van der Waals surface area (Å²) in [5.41, 5.74) is 2.85. The molecule has 0 unspecified atom stereocenters. The molecule has 0 bridgehead atoms. The Bertz CT molecular complexity index is 964. The van der Waals surface area contributed by atoms with E-state index >= 15 is 0 Å². The van der Waals surface area contributed by atoms with E-state index in [-0.39, 0.29) is 5.91 Å². The van der Waals surface area contributed by atoms with Crippen LogP contribution in [0.5, 0.6) is 11.5 Å². The highest BCUT2D eigenvalue weighted by atomic mass is 16.5. The second kappa shape index (κ2) is 10.5. The van der Waals surface area contributed by atoms with E-state index in [0.29, 0.717) is 24.4 Å². The third-order valence-corrected chi connectivity index (χ3v) is 5.17. The van der Waals surface area contributed by atoms with Gasteiger partial charge < -0.3 is 18.9 Å². The van der Waals surface area contributed by atoms with Gasteiger partial charge in [0.2, 0.25) is 0 Å². The minimum Gasteiger partial charge on any atom is -0.497 e. The van der Waals surface area contributed by atoms with Crippen LogP contribution in [0, 0.1) is 0 Å². The van der Waals surface area contributed by atoms with Gasteiger partial charge in [-0.1, -0.05) is 37.6 Å². The Labute approximate surface area is 178 Å². The Hall–Kier alpha value is -3.21. The van der Waals surface area contributed by atoms with Crippen molar-refractivity contribution in [3.8, 4) is 11.5 Å². The predicted molar refractivity (Wildman–Crippen MR) is 119 cm³/mol. The summed E-state index contributed by atoms with van der Waals surface area (Å²) in [6.45, 7) is 4.12. The van der Waals surface area contributed by atoms with Gasteiger partial charge in [-0.25, -0.2) is 0 Å². The van der Waals surface area contributed by atoms with Crippen LogP contribution in [-0.4, -0.2) is 36.1 Å². The van der Waals surface area contributed by atoms with Crippen LogP contribution in [0.3, 0.4) is 0 Å². The highest BCUT2D eigenvalue weighted by Crippen LogP contribution is 2.22. The standard InChI is InChI=1S/C25H30N2O3/c1-4-5-15-27(25(28)23-13-6-7-14-24(23)30-3)19-21-11-9-16-26(21)18-20-10-8-12-22(17-20)29-2/h6-14,16-17H,4-5,15,18-19H2,1-3H3. The van der Waals surface area contributed by atoms with E-state index in [0.717, 1.165) is 36.4 Å². The molecule has 1 heterocycles. The second-order valence-electron chi connectivity index (χ2n) is 7.26. The van der Waals surface area contributed by atoms with E-state index in [1.165, 1.54) is 0 Å². The van der Waals surface area contributed by atoms with E-state index < -0.39 is 0 Å². The number of hydrogen-bond donors (Lipinski definition) is 0. The second-order valence-corrected chi connectivity index (χ2v) is 7.26. The fraction of sp³-hybridized carbons (Fsp3) is 0.320. The lowest BCUT2D eigenvalue weighted by molar-refractivity contribution is 0.0734. The smallest absolute Gasteiger partial charge is 0.257 e. The lowest BCUT2D eigenvalue weighted by atomic mass is 10.1. The SMILES string of the molecule is CCCCN(Cc1cccn1Cc1cccc(OC)c1)C(=O)c1ccccc1OC. The summed E-state index contributed by atoms with van der Waals surface area (Å²) in [5, 5.41) is 0. The topological polar surface area (TPSA) is 43.7 Å². The van der Waals surface area contributed by atoms with Crippen LogP contribution < -0.4 is 9.47 Å². The zero-order valence-corrected chi connectivity index (χ0v) is 18.0. The minimum atomic E-state index is -0.00460. The molecule has 0 atom stereocenters. The first kappa shape index (κ1) is 21.5. The number of aromatic nitrogens is 1. The largest absolute Gasteiger partial charge is 0.497 e. The highest BCUT2D eigenvalue weighted by Gasteiger charge is 2.20. The molecule has 0 spiro atoms. The third kappa shape index (κ3) is 5.23. The average molecular weight is 407 g/mol. The molecule has 30 heavy (non-hydrogen) atoms. The summed E-state index contributed by atoms with van der Waals surface area (Å²) in [6.07, 6.45) is 4.04. The quantitative estimate of drug-likeness (QED) is 0.476. The molecule has 0 radical (unpaired) electrons. The molecular formula is C25H30N2O3. The van der Waals surface area contributed by atoms with Gasteiger partial charge in [0.15, 0.2) is 0 Å². The zero-order valence-electron chi connectivity index (χ0n) is 18.0. The Morgan fingerprint density at radius 2 is 1.83 bits per heavy atom. The number of benzene rings is 2. The monoisotopic (exact) mass is 406 g/mol. The van der Waals surface area contributed by atoms with Crippen LogP contribution in [0.25, 0.3) is 0 Å². The minimum absolute atomic E-state index is 0.00460. The molecule has 1 amide bonds. The van der Waals surface area contributed by atoms with Crippen molar-refractivity contribution in [2.75, 3.05) is 20.8 Å². The van der Waals surface area contributed by atoms with E-state index in [2.05, 4.69) is 29.8 Å². The maximum Gasteiger partial charge on any atom is 0.257 e. The molecule has 158 valence electrons. The van der Waals surface area contributed by atoms with E-state index in [1.54, 1.807) is 14.2 Å². The highest BCUT2D eigenvalue weighted by molar-refractivity contribution is 5.96. The van der Waals surface area contributed by atoms with Crippen molar-refractivity contribution in [2.24, 2.45) is 0 Å². The first-order valence-electron chi connectivity index (χ1n) is 10.4. The first-order valence-corrected chi connectivity index (χ1v) is 10.4. The number of amides is 1. The number of carbonyl (C=O) groups is 1. The number of para-hydroxylation sites is 1. The summed E-state index contributed by atoms with van der Waals surface area (Å²) in [7, 11) is 3.27. The number of rotatable bonds is 10. The predicted octanol–water partition coefficient (Wildman–Crippen LogP) is 5.00. The molecule has 0 aliphatic rings. The molecule has 3 rings (SSSR count). The third-order valence-electron chi connectivity index (χ3n) is 5.17. The van der Waals surface area contributed by atoms with Gasteiger partial charge in [-0.05, 0) is 48.4 Å². The molecule has 0 saturated heterocycles. The molecule has 0 aliphatic carbocycles. The van der Waals surface area contributed by atoms with E-state index in [9.17, 15) is 4.79 Å². The zero-order chi connectivity index (χ0) is 21.3. The Morgan fingerprint density at radius 3 is 2.60 bits per heavy atom. The van der Waals surface area contributed by atoms with Crippen molar-refractivity contribution in [3.05, 3.63) is 83.7 Å². The van der Waals surface area contributed by atoms with Crippen LogP contribution in [0.1, 0.15) is 41.4 Å². The van der Waals surface area contributed by atoms with Gasteiger partial charge in [-0.15, -0.1) is 0 Å². The molecule has 0 N–H and O–H groups in total. The Balaban J connectivity index is 1.82. The lowest BCUT2D eigenvalue weighted by Gasteiger charge is -2.24. The molecular weight excluding hydrogens is 376 g/mol. The van der Waals surface area contributed by atoms with Crippen molar-refractivity contribution in [2.45, 2.75) is 32.9 Å². The summed E-state index contributed by atoms with van der Waals surface area (Å²) in [5.74, 6) is 1.45. The van der Waals surface area contributed by atoms with Gasteiger partial charge in [0.25, 0.3) is 5.91 Å². The van der Waals surface area contributed by atoms with Gasteiger partial charge >= 0.3 is 0 Å². The summed E-state index contributed by atoms with van der Waals surface area (Å²) in [6, 6.07) is 19.6. The van der Waals surface area contributed by atoms with E-state index in [4.69, 9.17) is 9.47 Å². The van der Waals surface area contributed by atoms with Crippen molar-refractivity contribution in [3.63, 3.8) is 0 Å². The fourth-order valence-corrected chi connectivity index (χ4v) is 3.50. The first-order chi connectivity index (χ1) is 14.7. The molecule has 1 aromatic heterocycles. The summed E-state index contributed by atoms with van der Waals surface area (Å²) >= 11 is 0. The number of ether oxygens (including phenoxy) is 2. The molecule has 2 aromatic carbocycles. The van der Waals surface area contributed by atoms with Crippen molar-refractivity contribution in [1.82, 2.24) is 9.47 Å². The van der Waals surface area contributed by atoms with Crippen LogP contribution in [0.2, 0.25) is 0 Å². The van der Waals surface area contributed by atoms with Gasteiger partial charge in [0.1, 0.15) is 11.5 Å². The Morgan fingerprint density at radius 1 is 1.00 bits per heavy atom. The number of hydrogen-bond acceptors (Lipinski definition) is 3. The number of methoxy groups -OCH3 is 2. The normalized spacial score (nSPS) is 10.6. The average Bonchev–Trinajstić information content (AvgIpc) is 3.22. The van der Waals surface area contributed by atoms with Gasteiger partial charge in [-0.3, -0.25) is 4.79 Å². The van der Waals surface area contributed by atoms with Crippen molar-refractivity contribution in [1.29, 1.82) is 0 Å². The van der Waals surface area contributed by atoms with Crippen molar-refractivity contribution < 1.29 is 14.3 Å². The molecule has 5 heteroatoms. The van der Waals surface area contributed by atoms with Crippen molar-refractivity contribution >= 4 is 5.91 Å². The van der Waals surface area contributed by atoms with Gasteiger partial charge in [0, 0.05) is 25.0 Å². The van der Waals surface area contributed by atoms with Gasteiger partial charge in [0.05, 0.1) is 26.3 Å². The number of carbonyl (C=O) groups excluding carboxylic acids is 1. The van der Waals surface area contributed by atoms with Gasteiger partial charge in [-0.2, -0.15) is 0 Å². The maximum absolute atomic E-state index is 13.3. The lowest BCUT2D eigenvalue weighted by Crippen LogP contribution is -2.32. The molecule has 3 aromatic rings. The van der Waals surface area contributed by atoms with Crippen LogP contribution >= 0.6 is 0 Å². The van der Waals surface area contributed by atoms with Crippen LogP contribution in [0.4, 0.5) is 0 Å². The molecule has 0 fully saturated rings. The summed E-state index contributed by atoms with van der Waals surface area (Å²) < 4.78 is 12.9. The fourth-order valence-electron chi connectivity index (χ4n) is 3.50. The molecule has 0 aliphatic heterocycles. The molecule has 5 nitrogen and oxygen atoms in total. The van der Waals surface area contributed by atoms with Crippen LogP contribution in [0.15, 0.2) is 66.9 Å². The molecule has 0 saturated carbocycles.